The van der Waals surface area contributed by atoms with E-state index >= 15 is 0 Å². The molecule has 0 heterocycles. The molecule has 92 valence electrons. The molecule has 18 heavy (non-hydrogen) atoms. The number of anilines is 2. The topological polar surface area (TPSA) is 55.1 Å². The van der Waals surface area contributed by atoms with Crippen LogP contribution < -0.4 is 11.1 Å². The average molecular weight is 261 g/mol. The summed E-state index contributed by atoms with van der Waals surface area (Å²) in [4.78, 5) is 12.0. The van der Waals surface area contributed by atoms with Crippen LogP contribution in [0.2, 0.25) is 5.02 Å². The lowest BCUT2D eigenvalue weighted by Crippen LogP contribution is -2.12. The van der Waals surface area contributed by atoms with Crippen molar-refractivity contribution in [2.45, 2.75) is 6.92 Å². The van der Waals surface area contributed by atoms with Gasteiger partial charge in [-0.2, -0.15) is 0 Å². The molecule has 0 saturated carbocycles. The predicted molar refractivity (Wildman–Crippen MR) is 75.0 cm³/mol. The quantitative estimate of drug-likeness (QED) is 0.812. The number of amides is 1. The summed E-state index contributed by atoms with van der Waals surface area (Å²) in [7, 11) is 0. The lowest BCUT2D eigenvalue weighted by atomic mass is 10.1. The minimum atomic E-state index is -0.266. The normalized spacial score (nSPS) is 10.1. The van der Waals surface area contributed by atoms with Gasteiger partial charge in [-0.3, -0.25) is 4.79 Å². The average Bonchev–Trinajstić information content (AvgIpc) is 2.32. The maximum Gasteiger partial charge on any atom is 0.257 e. The van der Waals surface area contributed by atoms with E-state index in [0.717, 1.165) is 11.3 Å². The van der Waals surface area contributed by atoms with E-state index in [0.29, 0.717) is 16.3 Å². The van der Waals surface area contributed by atoms with Gasteiger partial charge in [0.05, 0.1) is 10.6 Å². The maximum atomic E-state index is 12.0. The molecule has 1 amide bonds. The van der Waals surface area contributed by atoms with Crippen molar-refractivity contribution in [3.63, 3.8) is 0 Å². The van der Waals surface area contributed by atoms with E-state index in [2.05, 4.69) is 5.32 Å². The fourth-order valence-electron chi connectivity index (χ4n) is 1.64. The van der Waals surface area contributed by atoms with Crippen molar-refractivity contribution in [3.05, 3.63) is 58.6 Å². The highest BCUT2D eigenvalue weighted by Gasteiger charge is 2.10. The lowest BCUT2D eigenvalue weighted by Gasteiger charge is -2.08. The van der Waals surface area contributed by atoms with Gasteiger partial charge in [-0.05, 0) is 42.8 Å². The molecule has 0 radical (unpaired) electrons. The van der Waals surface area contributed by atoms with Gasteiger partial charge in [-0.15, -0.1) is 0 Å². The molecule has 0 atom stereocenters. The van der Waals surface area contributed by atoms with Crippen molar-refractivity contribution in [2.75, 3.05) is 11.1 Å². The van der Waals surface area contributed by atoms with Crippen LogP contribution in [0.4, 0.5) is 11.4 Å². The number of benzene rings is 2. The second-order valence-electron chi connectivity index (χ2n) is 4.06. The van der Waals surface area contributed by atoms with Crippen molar-refractivity contribution < 1.29 is 4.79 Å². The molecular formula is C14H13ClN2O. The number of nitrogens with one attached hydrogen (secondary N) is 1. The largest absolute Gasteiger partial charge is 0.399 e. The van der Waals surface area contributed by atoms with Crippen molar-refractivity contribution in [1.29, 1.82) is 0 Å². The Balaban J connectivity index is 2.24. The first-order valence-corrected chi connectivity index (χ1v) is 5.87. The number of nitrogens with two attached hydrogens (primary N) is 1. The fraction of sp³-hybridized carbons (Fsp3) is 0.0714. The third-order valence-electron chi connectivity index (χ3n) is 2.51. The highest BCUT2D eigenvalue weighted by molar-refractivity contribution is 6.34. The lowest BCUT2D eigenvalue weighted by molar-refractivity contribution is 0.102. The maximum absolute atomic E-state index is 12.0. The molecule has 3 N–H and O–H groups in total. The van der Waals surface area contributed by atoms with E-state index in [9.17, 15) is 4.79 Å². The molecule has 0 spiro atoms. The predicted octanol–water partition coefficient (Wildman–Crippen LogP) is 3.48. The highest BCUT2D eigenvalue weighted by Crippen LogP contribution is 2.20. The smallest absolute Gasteiger partial charge is 0.257 e. The van der Waals surface area contributed by atoms with Gasteiger partial charge in [0.2, 0.25) is 0 Å². The number of rotatable bonds is 2. The highest BCUT2D eigenvalue weighted by atomic mass is 35.5. The van der Waals surface area contributed by atoms with E-state index in [4.69, 9.17) is 17.3 Å². The van der Waals surface area contributed by atoms with Crippen molar-refractivity contribution >= 4 is 28.9 Å². The molecule has 0 bridgehead atoms. The molecule has 2 aromatic rings. The SMILES string of the molecule is Cc1cccc(NC(=O)c2cc(N)ccc2Cl)c1. The van der Waals surface area contributed by atoms with Gasteiger partial charge in [0.15, 0.2) is 0 Å². The first kappa shape index (κ1) is 12.5. The molecule has 0 aliphatic carbocycles. The second-order valence-corrected chi connectivity index (χ2v) is 4.47. The molecule has 2 rings (SSSR count). The van der Waals surface area contributed by atoms with Crippen LogP contribution in [0.3, 0.4) is 0 Å². The molecular weight excluding hydrogens is 248 g/mol. The summed E-state index contributed by atoms with van der Waals surface area (Å²) >= 11 is 5.97. The van der Waals surface area contributed by atoms with Crippen LogP contribution >= 0.6 is 11.6 Å². The van der Waals surface area contributed by atoms with Crippen molar-refractivity contribution in [3.8, 4) is 0 Å². The Morgan fingerprint density at radius 2 is 2.00 bits per heavy atom. The standard InChI is InChI=1S/C14H13ClN2O/c1-9-3-2-4-11(7-9)17-14(18)12-8-10(16)5-6-13(12)15/h2-8H,16H2,1H3,(H,17,18). The monoisotopic (exact) mass is 260 g/mol. The Kier molecular flexibility index (Phi) is 3.53. The number of carbonyl (C=O) groups is 1. The van der Waals surface area contributed by atoms with Crippen LogP contribution in [-0.4, -0.2) is 5.91 Å². The first-order chi connectivity index (χ1) is 8.56. The number of aryl methyl sites for hydroxylation is 1. The van der Waals surface area contributed by atoms with Gasteiger partial charge in [-0.25, -0.2) is 0 Å². The van der Waals surface area contributed by atoms with Crippen LogP contribution in [0.5, 0.6) is 0 Å². The van der Waals surface area contributed by atoms with Gasteiger partial charge in [0.1, 0.15) is 0 Å². The summed E-state index contributed by atoms with van der Waals surface area (Å²) < 4.78 is 0. The Bertz CT molecular complexity index is 596. The van der Waals surface area contributed by atoms with Crippen LogP contribution in [0, 0.1) is 6.92 Å². The summed E-state index contributed by atoms with van der Waals surface area (Å²) in [6, 6.07) is 12.4. The van der Waals surface area contributed by atoms with E-state index < -0.39 is 0 Å². The number of hydrogen-bond donors (Lipinski definition) is 2. The molecule has 3 nitrogen and oxygen atoms in total. The molecule has 4 heteroatoms. The molecule has 2 aromatic carbocycles. The van der Waals surface area contributed by atoms with Crippen molar-refractivity contribution in [1.82, 2.24) is 0 Å². The minimum Gasteiger partial charge on any atom is -0.399 e. The van der Waals surface area contributed by atoms with E-state index in [1.807, 2.05) is 31.2 Å². The first-order valence-electron chi connectivity index (χ1n) is 5.49. The summed E-state index contributed by atoms with van der Waals surface area (Å²) in [5, 5.41) is 3.17. The van der Waals surface area contributed by atoms with E-state index in [-0.39, 0.29) is 5.91 Å². The van der Waals surface area contributed by atoms with Gasteiger partial charge in [-0.1, -0.05) is 23.7 Å². The van der Waals surface area contributed by atoms with E-state index in [1.165, 1.54) is 0 Å². The van der Waals surface area contributed by atoms with Crippen molar-refractivity contribution in [2.24, 2.45) is 0 Å². The van der Waals surface area contributed by atoms with Crippen LogP contribution in [0.25, 0.3) is 0 Å². The Hall–Kier alpha value is -2.00. The Morgan fingerprint density at radius 3 is 2.72 bits per heavy atom. The van der Waals surface area contributed by atoms with Crippen LogP contribution in [-0.2, 0) is 0 Å². The number of hydrogen-bond acceptors (Lipinski definition) is 2. The van der Waals surface area contributed by atoms with E-state index in [1.54, 1.807) is 18.2 Å². The molecule has 0 aliphatic heterocycles. The Morgan fingerprint density at radius 1 is 1.22 bits per heavy atom. The third-order valence-corrected chi connectivity index (χ3v) is 2.84. The summed E-state index contributed by atoms with van der Waals surface area (Å²) in [6.07, 6.45) is 0. The van der Waals surface area contributed by atoms with Gasteiger partial charge in [0, 0.05) is 11.4 Å². The molecule has 0 fully saturated rings. The Labute approximate surface area is 111 Å². The summed E-state index contributed by atoms with van der Waals surface area (Å²) in [6.45, 7) is 1.96. The number of nitrogen functional groups attached to an aromatic ring is 1. The third kappa shape index (κ3) is 2.81. The van der Waals surface area contributed by atoms with Crippen LogP contribution in [0.1, 0.15) is 15.9 Å². The molecule has 0 aliphatic rings. The molecule has 0 aromatic heterocycles. The second kappa shape index (κ2) is 5.10. The minimum absolute atomic E-state index is 0.266. The molecule has 0 unspecified atom stereocenters. The zero-order valence-corrected chi connectivity index (χ0v) is 10.7. The van der Waals surface area contributed by atoms with Gasteiger partial charge in [0.25, 0.3) is 5.91 Å². The summed E-state index contributed by atoms with van der Waals surface area (Å²) in [5.41, 5.74) is 8.34. The van der Waals surface area contributed by atoms with Gasteiger partial charge < -0.3 is 11.1 Å². The van der Waals surface area contributed by atoms with Gasteiger partial charge >= 0.3 is 0 Å². The number of halogens is 1. The van der Waals surface area contributed by atoms with Crippen LogP contribution in [0.15, 0.2) is 42.5 Å². The fourth-order valence-corrected chi connectivity index (χ4v) is 1.84. The zero-order chi connectivity index (χ0) is 13.1. The number of carbonyl (C=O) groups excluding carboxylic acids is 1. The zero-order valence-electron chi connectivity index (χ0n) is 9.91. The molecule has 0 saturated heterocycles. The summed E-state index contributed by atoms with van der Waals surface area (Å²) in [5.74, 6) is -0.266.